The number of hydrogen-bond acceptors (Lipinski definition) is 3. The molecule has 0 amide bonds. The minimum absolute atomic E-state index is 0.433. The van der Waals surface area contributed by atoms with E-state index in [1.54, 1.807) is 0 Å². The first-order valence-corrected chi connectivity index (χ1v) is 8.29. The van der Waals surface area contributed by atoms with Gasteiger partial charge in [0.2, 0.25) is 0 Å². The molecule has 1 atom stereocenters. The van der Waals surface area contributed by atoms with Crippen LogP contribution >= 0.6 is 0 Å². The Morgan fingerprint density at radius 2 is 1.58 bits per heavy atom. The summed E-state index contributed by atoms with van der Waals surface area (Å²) in [5.41, 5.74) is 0.433. The summed E-state index contributed by atoms with van der Waals surface area (Å²) < 4.78 is 0. The molecule has 0 bridgehead atoms. The summed E-state index contributed by atoms with van der Waals surface area (Å²) in [4.78, 5) is 5.28. The average molecular weight is 269 g/mol. The third kappa shape index (κ3) is 6.24. The maximum atomic E-state index is 3.61. The predicted molar refractivity (Wildman–Crippen MR) is 84.7 cm³/mol. The standard InChI is InChI=1S/C16H35N3/c1-5-8-17-14-16(4,7-3)15-19-12-10-18(9-6-2)11-13-19/h17H,5-15H2,1-4H3. The van der Waals surface area contributed by atoms with E-state index >= 15 is 0 Å². The summed E-state index contributed by atoms with van der Waals surface area (Å²) in [6, 6.07) is 0. The van der Waals surface area contributed by atoms with Crippen LogP contribution in [0.25, 0.3) is 0 Å². The normalized spacial score (nSPS) is 21.5. The van der Waals surface area contributed by atoms with E-state index in [4.69, 9.17) is 0 Å². The van der Waals surface area contributed by atoms with Crippen molar-refractivity contribution in [2.45, 2.75) is 47.0 Å². The van der Waals surface area contributed by atoms with E-state index in [1.165, 1.54) is 58.5 Å². The molecule has 0 aromatic rings. The van der Waals surface area contributed by atoms with Crippen molar-refractivity contribution < 1.29 is 0 Å². The number of hydrogen-bond donors (Lipinski definition) is 1. The Morgan fingerprint density at radius 1 is 0.947 bits per heavy atom. The van der Waals surface area contributed by atoms with Gasteiger partial charge >= 0.3 is 0 Å². The van der Waals surface area contributed by atoms with E-state index in [0.717, 1.165) is 13.1 Å². The van der Waals surface area contributed by atoms with Crippen LogP contribution in [0.15, 0.2) is 0 Å². The molecule has 3 nitrogen and oxygen atoms in total. The van der Waals surface area contributed by atoms with E-state index in [-0.39, 0.29) is 0 Å². The lowest BCUT2D eigenvalue weighted by Gasteiger charge is -2.40. The molecule has 1 fully saturated rings. The predicted octanol–water partition coefficient (Wildman–Crippen LogP) is 2.43. The molecule has 1 rings (SSSR count). The molecule has 0 aromatic heterocycles. The summed E-state index contributed by atoms with van der Waals surface area (Å²) >= 11 is 0. The quantitative estimate of drug-likeness (QED) is 0.649. The van der Waals surface area contributed by atoms with Gasteiger partial charge in [-0.1, -0.05) is 27.7 Å². The van der Waals surface area contributed by atoms with E-state index in [1.807, 2.05) is 0 Å². The average Bonchev–Trinajstić information content (AvgIpc) is 2.42. The Bertz CT molecular complexity index is 224. The van der Waals surface area contributed by atoms with Gasteiger partial charge in [0.05, 0.1) is 0 Å². The highest BCUT2D eigenvalue weighted by atomic mass is 15.3. The van der Waals surface area contributed by atoms with Gasteiger partial charge in [-0.2, -0.15) is 0 Å². The van der Waals surface area contributed by atoms with Gasteiger partial charge in [0.25, 0.3) is 0 Å². The number of rotatable bonds is 9. The number of nitrogens with zero attached hydrogens (tertiary/aromatic N) is 2. The summed E-state index contributed by atoms with van der Waals surface area (Å²) in [5, 5.41) is 3.61. The summed E-state index contributed by atoms with van der Waals surface area (Å²) in [5.74, 6) is 0. The van der Waals surface area contributed by atoms with Crippen LogP contribution in [0.3, 0.4) is 0 Å². The van der Waals surface area contributed by atoms with E-state index in [2.05, 4.69) is 42.8 Å². The summed E-state index contributed by atoms with van der Waals surface area (Å²) in [6.07, 6.45) is 3.78. The Hall–Kier alpha value is -0.120. The molecule has 0 aliphatic carbocycles. The van der Waals surface area contributed by atoms with Crippen LogP contribution in [0.2, 0.25) is 0 Å². The molecule has 1 N–H and O–H groups in total. The van der Waals surface area contributed by atoms with Crippen molar-refractivity contribution in [1.82, 2.24) is 15.1 Å². The molecule has 0 radical (unpaired) electrons. The van der Waals surface area contributed by atoms with Crippen molar-refractivity contribution in [3.05, 3.63) is 0 Å². The molecule has 1 heterocycles. The van der Waals surface area contributed by atoms with Gasteiger partial charge in [-0.25, -0.2) is 0 Å². The van der Waals surface area contributed by atoms with Gasteiger partial charge in [0.15, 0.2) is 0 Å². The van der Waals surface area contributed by atoms with Gasteiger partial charge in [0, 0.05) is 39.3 Å². The Kier molecular flexibility index (Phi) is 7.96. The van der Waals surface area contributed by atoms with Gasteiger partial charge < -0.3 is 15.1 Å². The van der Waals surface area contributed by atoms with Crippen molar-refractivity contribution in [3.8, 4) is 0 Å². The topological polar surface area (TPSA) is 18.5 Å². The first-order chi connectivity index (χ1) is 9.13. The summed E-state index contributed by atoms with van der Waals surface area (Å²) in [6.45, 7) is 19.2. The third-order valence-corrected chi connectivity index (χ3v) is 4.44. The van der Waals surface area contributed by atoms with E-state index < -0.39 is 0 Å². The smallest absolute Gasteiger partial charge is 0.0110 e. The molecule has 1 saturated heterocycles. The Balaban J connectivity index is 2.31. The zero-order chi connectivity index (χ0) is 14.1. The first-order valence-electron chi connectivity index (χ1n) is 8.29. The second-order valence-corrected chi connectivity index (χ2v) is 6.46. The fourth-order valence-corrected chi connectivity index (χ4v) is 2.89. The third-order valence-electron chi connectivity index (χ3n) is 4.44. The lowest BCUT2D eigenvalue weighted by atomic mass is 9.86. The molecule has 3 heteroatoms. The lowest BCUT2D eigenvalue weighted by molar-refractivity contribution is 0.0883. The maximum Gasteiger partial charge on any atom is 0.0110 e. The van der Waals surface area contributed by atoms with E-state index in [9.17, 15) is 0 Å². The van der Waals surface area contributed by atoms with Crippen LogP contribution in [-0.4, -0.2) is 62.2 Å². The van der Waals surface area contributed by atoms with Crippen molar-refractivity contribution in [2.75, 3.05) is 52.4 Å². The van der Waals surface area contributed by atoms with E-state index in [0.29, 0.717) is 5.41 Å². The van der Waals surface area contributed by atoms with Crippen molar-refractivity contribution in [3.63, 3.8) is 0 Å². The molecule has 1 aliphatic heterocycles. The molecular formula is C16H35N3. The zero-order valence-corrected chi connectivity index (χ0v) is 13.7. The Labute approximate surface area is 120 Å². The molecule has 1 aliphatic rings. The zero-order valence-electron chi connectivity index (χ0n) is 13.7. The van der Waals surface area contributed by atoms with Crippen LogP contribution in [0, 0.1) is 5.41 Å². The van der Waals surface area contributed by atoms with Gasteiger partial charge in [0.1, 0.15) is 0 Å². The van der Waals surface area contributed by atoms with Gasteiger partial charge in [-0.05, 0) is 37.8 Å². The van der Waals surface area contributed by atoms with Gasteiger partial charge in [-0.3, -0.25) is 0 Å². The summed E-state index contributed by atoms with van der Waals surface area (Å²) in [7, 11) is 0. The van der Waals surface area contributed by atoms with Crippen LogP contribution in [0.5, 0.6) is 0 Å². The fraction of sp³-hybridized carbons (Fsp3) is 1.00. The largest absolute Gasteiger partial charge is 0.316 e. The molecule has 0 spiro atoms. The molecule has 0 saturated carbocycles. The number of nitrogens with one attached hydrogen (secondary N) is 1. The van der Waals surface area contributed by atoms with Gasteiger partial charge in [-0.15, -0.1) is 0 Å². The molecule has 0 aromatic carbocycles. The molecule has 114 valence electrons. The molecule has 19 heavy (non-hydrogen) atoms. The Morgan fingerprint density at radius 3 is 2.11 bits per heavy atom. The second kappa shape index (κ2) is 8.93. The molecule has 1 unspecified atom stereocenters. The van der Waals surface area contributed by atoms with Crippen molar-refractivity contribution in [1.29, 1.82) is 0 Å². The van der Waals surface area contributed by atoms with Crippen LogP contribution in [0.1, 0.15) is 47.0 Å². The highest BCUT2D eigenvalue weighted by Gasteiger charge is 2.26. The minimum atomic E-state index is 0.433. The van der Waals surface area contributed by atoms with Crippen LogP contribution < -0.4 is 5.32 Å². The number of piperazine rings is 1. The SMILES string of the molecule is CCCNCC(C)(CC)CN1CCN(CCC)CC1. The van der Waals surface area contributed by atoms with Crippen LogP contribution in [0.4, 0.5) is 0 Å². The second-order valence-electron chi connectivity index (χ2n) is 6.46. The lowest BCUT2D eigenvalue weighted by Crippen LogP contribution is -2.51. The van der Waals surface area contributed by atoms with Crippen LogP contribution in [-0.2, 0) is 0 Å². The maximum absolute atomic E-state index is 3.61. The minimum Gasteiger partial charge on any atom is -0.316 e. The van der Waals surface area contributed by atoms with Crippen molar-refractivity contribution >= 4 is 0 Å². The monoisotopic (exact) mass is 269 g/mol. The first kappa shape index (κ1) is 16.9. The molecular weight excluding hydrogens is 234 g/mol. The highest BCUT2D eigenvalue weighted by Crippen LogP contribution is 2.22. The van der Waals surface area contributed by atoms with Crippen molar-refractivity contribution in [2.24, 2.45) is 5.41 Å². The fourth-order valence-electron chi connectivity index (χ4n) is 2.89. The highest BCUT2D eigenvalue weighted by molar-refractivity contribution is 4.82.